The second-order valence-corrected chi connectivity index (χ2v) is 3.40. The Bertz CT molecular complexity index is 337. The highest BCUT2D eigenvalue weighted by atomic mass is 16.6. The topological polar surface area (TPSA) is 58.9 Å². The van der Waals surface area contributed by atoms with Gasteiger partial charge >= 0.3 is 0 Å². The Kier molecular flexibility index (Phi) is 3.08. The van der Waals surface area contributed by atoms with Crippen molar-refractivity contribution in [2.75, 3.05) is 19.8 Å². The molecular formula is C11H14O4. The summed E-state index contributed by atoms with van der Waals surface area (Å²) in [6.45, 7) is 0.980. The zero-order valence-corrected chi connectivity index (χ0v) is 8.35. The van der Waals surface area contributed by atoms with Crippen molar-refractivity contribution in [3.8, 4) is 11.5 Å². The highest BCUT2D eigenvalue weighted by Crippen LogP contribution is 2.37. The maximum absolute atomic E-state index is 9.78. The van der Waals surface area contributed by atoms with Gasteiger partial charge in [0.15, 0.2) is 11.5 Å². The summed E-state index contributed by atoms with van der Waals surface area (Å²) < 4.78 is 10.8. The molecule has 1 aliphatic heterocycles. The molecule has 4 nitrogen and oxygen atoms in total. The van der Waals surface area contributed by atoms with Crippen LogP contribution in [0.3, 0.4) is 0 Å². The van der Waals surface area contributed by atoms with E-state index in [1.165, 1.54) is 0 Å². The van der Waals surface area contributed by atoms with Crippen molar-refractivity contribution in [2.45, 2.75) is 12.5 Å². The van der Waals surface area contributed by atoms with Crippen LogP contribution in [0.15, 0.2) is 18.2 Å². The number of aliphatic hydroxyl groups is 2. The minimum Gasteiger partial charge on any atom is -0.486 e. The van der Waals surface area contributed by atoms with Crippen LogP contribution in [0.25, 0.3) is 0 Å². The molecule has 0 unspecified atom stereocenters. The molecule has 0 amide bonds. The third kappa shape index (κ3) is 2.06. The molecule has 1 aromatic carbocycles. The predicted molar refractivity (Wildman–Crippen MR) is 54.1 cm³/mol. The molecule has 0 saturated heterocycles. The van der Waals surface area contributed by atoms with Gasteiger partial charge in [0.2, 0.25) is 0 Å². The summed E-state index contributed by atoms with van der Waals surface area (Å²) in [6, 6.07) is 5.40. The van der Waals surface area contributed by atoms with Crippen LogP contribution in [0.1, 0.15) is 18.1 Å². The molecular weight excluding hydrogens is 196 g/mol. The van der Waals surface area contributed by atoms with Gasteiger partial charge in [-0.1, -0.05) is 12.1 Å². The van der Waals surface area contributed by atoms with Gasteiger partial charge in [0.25, 0.3) is 0 Å². The average Bonchev–Trinajstić information content (AvgIpc) is 2.28. The number of hydrogen-bond acceptors (Lipinski definition) is 4. The molecule has 82 valence electrons. The first kappa shape index (κ1) is 10.3. The number of benzene rings is 1. The van der Waals surface area contributed by atoms with Crippen LogP contribution in [-0.4, -0.2) is 30.0 Å². The number of hydrogen-bond donors (Lipinski definition) is 2. The quantitative estimate of drug-likeness (QED) is 0.777. The summed E-state index contributed by atoms with van der Waals surface area (Å²) in [4.78, 5) is 0. The Morgan fingerprint density at radius 2 is 2.07 bits per heavy atom. The fraction of sp³-hybridized carbons (Fsp3) is 0.455. The fourth-order valence-corrected chi connectivity index (χ4v) is 1.64. The Labute approximate surface area is 88.1 Å². The average molecular weight is 210 g/mol. The van der Waals surface area contributed by atoms with Crippen molar-refractivity contribution in [1.29, 1.82) is 0 Å². The molecule has 1 aliphatic rings. The second-order valence-electron chi connectivity index (χ2n) is 3.40. The number of ether oxygens (including phenoxy) is 2. The van der Waals surface area contributed by atoms with E-state index in [1.54, 1.807) is 6.07 Å². The molecule has 0 bridgehead atoms. The molecule has 2 N–H and O–H groups in total. The van der Waals surface area contributed by atoms with Crippen molar-refractivity contribution in [2.24, 2.45) is 0 Å². The number of aliphatic hydroxyl groups excluding tert-OH is 2. The normalized spacial score (nSPS) is 16.1. The summed E-state index contributed by atoms with van der Waals surface area (Å²) in [7, 11) is 0. The molecule has 4 heteroatoms. The van der Waals surface area contributed by atoms with Gasteiger partial charge in [-0.2, -0.15) is 0 Å². The van der Waals surface area contributed by atoms with Gasteiger partial charge in [-0.3, -0.25) is 0 Å². The second kappa shape index (κ2) is 4.51. The minimum absolute atomic E-state index is 0.0499. The molecule has 1 aromatic rings. The Balaban J connectivity index is 2.30. The van der Waals surface area contributed by atoms with Crippen LogP contribution in [0.4, 0.5) is 0 Å². The first-order valence-electron chi connectivity index (χ1n) is 5.00. The van der Waals surface area contributed by atoms with E-state index in [1.807, 2.05) is 12.1 Å². The van der Waals surface area contributed by atoms with Crippen LogP contribution in [0.2, 0.25) is 0 Å². The Hall–Kier alpha value is -1.26. The number of fused-ring (bicyclic) bond motifs is 1. The number of para-hydroxylation sites is 1. The molecule has 0 spiro atoms. The maximum Gasteiger partial charge on any atom is 0.167 e. The monoisotopic (exact) mass is 210 g/mol. The summed E-state index contributed by atoms with van der Waals surface area (Å²) in [5.41, 5.74) is 0.682. The zero-order valence-electron chi connectivity index (χ0n) is 8.35. The van der Waals surface area contributed by atoms with Gasteiger partial charge in [0, 0.05) is 18.6 Å². The van der Waals surface area contributed by atoms with Crippen molar-refractivity contribution in [3.63, 3.8) is 0 Å². The van der Waals surface area contributed by atoms with E-state index in [2.05, 4.69) is 0 Å². The van der Waals surface area contributed by atoms with Gasteiger partial charge < -0.3 is 19.7 Å². The molecule has 0 radical (unpaired) electrons. The standard InChI is InChI=1S/C11H14O4/c12-5-4-9(13)8-2-1-3-10-11(8)15-7-6-14-10/h1-3,9,12-13H,4-7H2/t9-/m0/s1. The van der Waals surface area contributed by atoms with Crippen LogP contribution in [-0.2, 0) is 0 Å². The molecule has 0 aromatic heterocycles. The van der Waals surface area contributed by atoms with Gasteiger partial charge in [-0.25, -0.2) is 0 Å². The Morgan fingerprint density at radius 1 is 1.27 bits per heavy atom. The SMILES string of the molecule is OCC[C@H](O)c1cccc2c1OCCO2. The molecule has 15 heavy (non-hydrogen) atoms. The summed E-state index contributed by atoms with van der Waals surface area (Å²) in [5, 5.41) is 18.6. The van der Waals surface area contributed by atoms with Crippen molar-refractivity contribution in [3.05, 3.63) is 23.8 Å². The Morgan fingerprint density at radius 3 is 2.87 bits per heavy atom. The highest BCUT2D eigenvalue weighted by Gasteiger charge is 2.19. The molecule has 0 fully saturated rings. The maximum atomic E-state index is 9.78. The molecule has 2 rings (SSSR count). The minimum atomic E-state index is -0.702. The number of rotatable bonds is 3. The lowest BCUT2D eigenvalue weighted by Crippen LogP contribution is -2.17. The van der Waals surface area contributed by atoms with Crippen molar-refractivity contribution >= 4 is 0 Å². The van der Waals surface area contributed by atoms with Crippen LogP contribution < -0.4 is 9.47 Å². The molecule has 1 atom stereocenters. The lowest BCUT2D eigenvalue weighted by atomic mass is 10.0. The van der Waals surface area contributed by atoms with Gasteiger partial charge in [-0.05, 0) is 6.07 Å². The van der Waals surface area contributed by atoms with E-state index in [0.29, 0.717) is 36.7 Å². The van der Waals surface area contributed by atoms with Crippen LogP contribution in [0.5, 0.6) is 11.5 Å². The highest BCUT2D eigenvalue weighted by molar-refractivity contribution is 5.48. The summed E-state index contributed by atoms with van der Waals surface area (Å²) >= 11 is 0. The van der Waals surface area contributed by atoms with Gasteiger partial charge in [0.1, 0.15) is 13.2 Å². The summed E-state index contributed by atoms with van der Waals surface area (Å²) in [6.07, 6.45) is -0.397. The molecule has 1 heterocycles. The van der Waals surface area contributed by atoms with Crippen molar-refractivity contribution in [1.82, 2.24) is 0 Å². The largest absolute Gasteiger partial charge is 0.486 e. The van der Waals surface area contributed by atoms with E-state index in [0.717, 1.165) is 0 Å². The van der Waals surface area contributed by atoms with E-state index in [-0.39, 0.29) is 6.61 Å². The first-order valence-corrected chi connectivity index (χ1v) is 5.00. The smallest absolute Gasteiger partial charge is 0.167 e. The van der Waals surface area contributed by atoms with Gasteiger partial charge in [-0.15, -0.1) is 0 Å². The third-order valence-electron chi connectivity index (χ3n) is 2.36. The fourth-order valence-electron chi connectivity index (χ4n) is 1.64. The third-order valence-corrected chi connectivity index (χ3v) is 2.36. The molecule has 0 saturated carbocycles. The summed E-state index contributed by atoms with van der Waals surface area (Å²) in [5.74, 6) is 1.26. The lowest BCUT2D eigenvalue weighted by molar-refractivity contribution is 0.121. The molecule has 0 aliphatic carbocycles. The lowest BCUT2D eigenvalue weighted by Gasteiger charge is -2.22. The first-order chi connectivity index (χ1) is 7.33. The van der Waals surface area contributed by atoms with E-state index >= 15 is 0 Å². The van der Waals surface area contributed by atoms with Crippen molar-refractivity contribution < 1.29 is 19.7 Å². The predicted octanol–water partition coefficient (Wildman–Crippen LogP) is 0.874. The van der Waals surface area contributed by atoms with Crippen LogP contribution in [0, 0.1) is 0 Å². The van der Waals surface area contributed by atoms with Crippen LogP contribution >= 0.6 is 0 Å². The van der Waals surface area contributed by atoms with E-state index in [9.17, 15) is 5.11 Å². The van der Waals surface area contributed by atoms with E-state index < -0.39 is 6.10 Å². The van der Waals surface area contributed by atoms with E-state index in [4.69, 9.17) is 14.6 Å². The zero-order chi connectivity index (χ0) is 10.7. The van der Waals surface area contributed by atoms with Gasteiger partial charge in [0.05, 0.1) is 6.10 Å².